The highest BCUT2D eigenvalue weighted by atomic mass is 32.2. The maximum Gasteiger partial charge on any atom is 0.479 e. The number of hydrogen-bond acceptors (Lipinski definition) is 5. The van der Waals surface area contributed by atoms with E-state index in [9.17, 15) is 18.0 Å². The average Bonchev–Trinajstić information content (AvgIpc) is 2.36. The molecule has 0 aliphatic heterocycles. The van der Waals surface area contributed by atoms with E-state index in [4.69, 9.17) is 5.73 Å². The Labute approximate surface area is 112 Å². The molecule has 1 unspecified atom stereocenters. The van der Waals surface area contributed by atoms with Crippen LogP contribution in [0.15, 0.2) is 24.3 Å². The van der Waals surface area contributed by atoms with E-state index < -0.39 is 29.6 Å². The van der Waals surface area contributed by atoms with Crippen LogP contribution in [0.4, 0.5) is 13.2 Å². The second kappa shape index (κ2) is 6.67. The molecule has 0 radical (unpaired) electrons. The van der Waals surface area contributed by atoms with Gasteiger partial charge in [-0.1, -0.05) is 12.1 Å². The van der Waals surface area contributed by atoms with E-state index in [-0.39, 0.29) is 12.2 Å². The molecule has 0 aliphatic carbocycles. The van der Waals surface area contributed by atoms with Crippen molar-refractivity contribution >= 4 is 18.0 Å². The highest BCUT2D eigenvalue weighted by Crippen LogP contribution is 2.32. The first-order chi connectivity index (χ1) is 8.81. The molecule has 4 nitrogen and oxygen atoms in total. The lowest BCUT2D eigenvalue weighted by Crippen LogP contribution is -2.33. The first-order valence-electron chi connectivity index (χ1n) is 5.16. The Balaban J connectivity index is 2.54. The number of halogens is 3. The lowest BCUT2D eigenvalue weighted by molar-refractivity contribution is -0.142. The molecule has 1 aromatic carbocycles. The third-order valence-corrected chi connectivity index (χ3v) is 2.58. The number of methoxy groups -OCH3 is 1. The molecule has 0 saturated heterocycles. The van der Waals surface area contributed by atoms with Crippen molar-refractivity contribution in [1.29, 1.82) is 0 Å². The third kappa shape index (κ3) is 5.84. The summed E-state index contributed by atoms with van der Waals surface area (Å²) in [5.41, 5.74) is 1.80. The number of alkyl halides is 3. The molecular formula is C11H12F3NO3S. The molecule has 0 saturated carbocycles. The van der Waals surface area contributed by atoms with Gasteiger partial charge in [0.1, 0.15) is 11.8 Å². The van der Waals surface area contributed by atoms with Crippen LogP contribution in [0.1, 0.15) is 5.56 Å². The molecule has 19 heavy (non-hydrogen) atoms. The molecule has 0 fully saturated rings. The number of ether oxygens (including phenoxy) is 1. The van der Waals surface area contributed by atoms with Crippen molar-refractivity contribution in [2.24, 2.45) is 5.73 Å². The Kier molecular flexibility index (Phi) is 5.49. The number of hydrogen-bond donors (Lipinski definition) is 1. The van der Waals surface area contributed by atoms with Crippen LogP contribution in [0.2, 0.25) is 0 Å². The number of carbonyl (C=O) groups excluding carboxylic acids is 1. The Morgan fingerprint density at radius 2 is 1.95 bits per heavy atom. The zero-order valence-corrected chi connectivity index (χ0v) is 10.8. The first kappa shape index (κ1) is 15.6. The summed E-state index contributed by atoms with van der Waals surface area (Å²) in [4.78, 5) is 11.1. The van der Waals surface area contributed by atoms with Crippen LogP contribution in [0, 0.1) is 0 Å². The fraction of sp³-hybridized carbons (Fsp3) is 0.364. The molecule has 0 heterocycles. The fourth-order valence-corrected chi connectivity index (χ4v) is 1.57. The van der Waals surface area contributed by atoms with Gasteiger partial charge in [-0.05, 0) is 24.1 Å². The van der Waals surface area contributed by atoms with Gasteiger partial charge in [-0.15, -0.1) is 0 Å². The summed E-state index contributed by atoms with van der Waals surface area (Å²) in [5.74, 6) is -0.481. The van der Waals surface area contributed by atoms with E-state index in [1.54, 1.807) is 0 Å². The summed E-state index contributed by atoms with van der Waals surface area (Å²) in [6.07, 6.45) is 0.235. The van der Waals surface area contributed by atoms with Crippen LogP contribution in [0.25, 0.3) is 0 Å². The molecule has 0 spiro atoms. The smallest absolute Gasteiger partial charge is 0.468 e. The summed E-state index contributed by atoms with van der Waals surface area (Å²) in [6.45, 7) is 0. The standard InChI is InChI=1S/C11H12F3NO3S/c1-17-10(16)9(15)6-7-2-4-8(5-3-7)18-19-11(12,13)14/h2-5,9H,6,15H2,1H3. The second-order valence-electron chi connectivity index (χ2n) is 3.59. The summed E-state index contributed by atoms with van der Waals surface area (Å²) in [6, 6.07) is 5.02. The Hall–Kier alpha value is -1.41. The summed E-state index contributed by atoms with van der Waals surface area (Å²) < 4.78 is 44.6. The number of carbonyl (C=O) groups is 1. The summed E-state index contributed by atoms with van der Waals surface area (Å²) in [5, 5.41) is 0. The fourth-order valence-electron chi connectivity index (χ4n) is 1.27. The van der Waals surface area contributed by atoms with Crippen molar-refractivity contribution in [3.05, 3.63) is 29.8 Å². The van der Waals surface area contributed by atoms with Gasteiger partial charge in [0.2, 0.25) is 0 Å². The highest BCUT2D eigenvalue weighted by Gasteiger charge is 2.31. The topological polar surface area (TPSA) is 61.5 Å². The molecule has 1 aromatic rings. The van der Waals surface area contributed by atoms with Crippen LogP contribution in [-0.4, -0.2) is 24.6 Å². The van der Waals surface area contributed by atoms with Crippen LogP contribution in [0.3, 0.4) is 0 Å². The van der Waals surface area contributed by atoms with E-state index in [1.807, 2.05) is 0 Å². The molecule has 1 atom stereocenters. The summed E-state index contributed by atoms with van der Waals surface area (Å²) >= 11 is -0.584. The van der Waals surface area contributed by atoms with Gasteiger partial charge in [0.05, 0.1) is 7.11 Å². The van der Waals surface area contributed by atoms with E-state index in [1.165, 1.54) is 31.4 Å². The van der Waals surface area contributed by atoms with Gasteiger partial charge in [0.15, 0.2) is 12.0 Å². The number of esters is 1. The zero-order chi connectivity index (χ0) is 14.5. The number of benzene rings is 1. The minimum Gasteiger partial charge on any atom is -0.468 e. The van der Waals surface area contributed by atoms with Crippen LogP contribution < -0.4 is 9.92 Å². The largest absolute Gasteiger partial charge is 0.479 e. The molecule has 0 aromatic heterocycles. The van der Waals surface area contributed by atoms with Gasteiger partial charge in [0, 0.05) is 0 Å². The molecule has 0 aliphatic rings. The number of nitrogens with two attached hydrogens (primary N) is 1. The van der Waals surface area contributed by atoms with Crippen LogP contribution >= 0.6 is 12.0 Å². The van der Waals surface area contributed by atoms with E-state index in [0.29, 0.717) is 5.56 Å². The minimum atomic E-state index is -4.45. The minimum absolute atomic E-state index is 0.0673. The van der Waals surface area contributed by atoms with Crippen molar-refractivity contribution < 1.29 is 26.9 Å². The van der Waals surface area contributed by atoms with Gasteiger partial charge >= 0.3 is 11.5 Å². The number of rotatable bonds is 5. The van der Waals surface area contributed by atoms with Crippen LogP contribution in [0.5, 0.6) is 5.75 Å². The maximum atomic E-state index is 11.9. The van der Waals surface area contributed by atoms with Crippen LogP contribution in [-0.2, 0) is 16.0 Å². The monoisotopic (exact) mass is 295 g/mol. The Bertz CT molecular complexity index is 422. The molecule has 1 rings (SSSR count). The molecule has 106 valence electrons. The van der Waals surface area contributed by atoms with Gasteiger partial charge in [0.25, 0.3) is 0 Å². The molecule has 2 N–H and O–H groups in total. The van der Waals surface area contributed by atoms with E-state index in [0.717, 1.165) is 0 Å². The molecule has 8 heteroatoms. The van der Waals surface area contributed by atoms with E-state index in [2.05, 4.69) is 8.92 Å². The average molecular weight is 295 g/mol. The van der Waals surface area contributed by atoms with Crippen molar-refractivity contribution in [2.45, 2.75) is 18.0 Å². The Morgan fingerprint density at radius 3 is 2.42 bits per heavy atom. The van der Waals surface area contributed by atoms with Gasteiger partial charge in [-0.25, -0.2) is 0 Å². The predicted molar refractivity (Wildman–Crippen MR) is 64.4 cm³/mol. The molecule has 0 amide bonds. The van der Waals surface area contributed by atoms with Crippen molar-refractivity contribution in [1.82, 2.24) is 0 Å². The van der Waals surface area contributed by atoms with Gasteiger partial charge in [-0.3, -0.25) is 4.79 Å². The highest BCUT2D eigenvalue weighted by molar-refractivity contribution is 7.95. The lowest BCUT2D eigenvalue weighted by atomic mass is 10.1. The van der Waals surface area contributed by atoms with Gasteiger partial charge in [-0.2, -0.15) is 13.2 Å². The lowest BCUT2D eigenvalue weighted by Gasteiger charge is -2.10. The first-order valence-corrected chi connectivity index (χ1v) is 5.91. The van der Waals surface area contributed by atoms with Gasteiger partial charge < -0.3 is 14.7 Å². The second-order valence-corrected chi connectivity index (χ2v) is 4.39. The quantitative estimate of drug-likeness (QED) is 0.667. The third-order valence-electron chi connectivity index (χ3n) is 2.12. The zero-order valence-electron chi connectivity index (χ0n) is 9.94. The Morgan fingerprint density at radius 1 is 1.37 bits per heavy atom. The normalized spacial score (nSPS) is 12.9. The van der Waals surface area contributed by atoms with Crippen molar-refractivity contribution in [3.63, 3.8) is 0 Å². The molecule has 0 bridgehead atoms. The molecular weight excluding hydrogens is 283 g/mol. The SMILES string of the molecule is COC(=O)C(N)Cc1ccc(OSC(F)(F)F)cc1. The maximum absolute atomic E-state index is 11.9. The van der Waals surface area contributed by atoms with Crippen molar-refractivity contribution in [3.8, 4) is 5.75 Å². The predicted octanol–water partition coefficient (Wildman–Crippen LogP) is 2.28. The van der Waals surface area contributed by atoms with Crippen molar-refractivity contribution in [2.75, 3.05) is 7.11 Å². The van der Waals surface area contributed by atoms with E-state index >= 15 is 0 Å². The summed E-state index contributed by atoms with van der Waals surface area (Å²) in [7, 11) is 1.23.